The lowest BCUT2D eigenvalue weighted by atomic mass is 9.74. The number of amides is 3. The van der Waals surface area contributed by atoms with Gasteiger partial charge in [-0.3, -0.25) is 14.4 Å². The summed E-state index contributed by atoms with van der Waals surface area (Å²) in [5.74, 6) is -1.05. The van der Waals surface area contributed by atoms with Crippen molar-refractivity contribution in [3.05, 3.63) is 65.2 Å². The second-order valence-corrected chi connectivity index (χ2v) is 12.1. The van der Waals surface area contributed by atoms with Gasteiger partial charge in [0.25, 0.3) is 0 Å². The predicted molar refractivity (Wildman–Crippen MR) is 150 cm³/mol. The molecule has 9 nitrogen and oxygen atoms in total. The van der Waals surface area contributed by atoms with Gasteiger partial charge in [0.2, 0.25) is 24.5 Å². The Morgan fingerprint density at radius 3 is 2.51 bits per heavy atom. The van der Waals surface area contributed by atoms with Crippen LogP contribution in [0.3, 0.4) is 0 Å². The number of hydrogen-bond donors (Lipinski definition) is 2. The van der Waals surface area contributed by atoms with Crippen molar-refractivity contribution in [3.63, 3.8) is 0 Å². The number of rotatable bonds is 6. The lowest BCUT2D eigenvalue weighted by Crippen LogP contribution is -2.56. The molecule has 5 atom stereocenters. The Balaban J connectivity index is 1.21. The fraction of sp³-hybridized carbons (Fsp3) is 0.469. The third kappa shape index (κ3) is 4.38. The highest BCUT2D eigenvalue weighted by molar-refractivity contribution is 6.02. The molecule has 5 aliphatic rings. The maximum absolute atomic E-state index is 14.3. The van der Waals surface area contributed by atoms with E-state index in [1.54, 1.807) is 4.90 Å². The lowest BCUT2D eigenvalue weighted by molar-refractivity contribution is -0.142. The van der Waals surface area contributed by atoms with Gasteiger partial charge in [0.15, 0.2) is 11.5 Å². The van der Waals surface area contributed by atoms with Gasteiger partial charge in [-0.15, -0.1) is 0 Å². The average Bonchev–Trinajstić information content (AvgIpc) is 3.69. The Morgan fingerprint density at radius 2 is 1.73 bits per heavy atom. The highest BCUT2D eigenvalue weighted by Crippen LogP contribution is 2.55. The standard InChI is InChI=1S/C32H35N3O6/c1-18-12-19(2)14-22(13-18)34-29(36)26-24-10-11-32(41-24)27(26)31(38)35(16-20-8-9-23-25(15-20)40-17-39-23)28(32)30(37)33-21-6-4-3-5-7-21/h8-15,21,24,26-28H,3-7,16-17H2,1-2H3,(H,33,37)(H,34,36)/t24-,26+,27-,28-,32-/m1/s1. The van der Waals surface area contributed by atoms with Gasteiger partial charge in [-0.2, -0.15) is 0 Å². The number of benzene rings is 2. The van der Waals surface area contributed by atoms with Crippen molar-refractivity contribution < 1.29 is 28.6 Å². The van der Waals surface area contributed by atoms with Crippen molar-refractivity contribution in [2.45, 2.75) is 76.3 Å². The van der Waals surface area contributed by atoms with Crippen LogP contribution >= 0.6 is 0 Å². The number of hydrogen-bond acceptors (Lipinski definition) is 6. The normalized spacial score (nSPS) is 29.6. The highest BCUT2D eigenvalue weighted by atomic mass is 16.7. The number of likely N-dealkylation sites (tertiary alicyclic amines) is 1. The molecule has 41 heavy (non-hydrogen) atoms. The Kier molecular flexibility index (Phi) is 6.30. The van der Waals surface area contributed by atoms with Crippen LogP contribution in [0.4, 0.5) is 5.69 Å². The predicted octanol–water partition coefficient (Wildman–Crippen LogP) is 3.77. The Morgan fingerprint density at radius 1 is 0.976 bits per heavy atom. The molecule has 9 heteroatoms. The molecule has 2 bridgehead atoms. The molecule has 214 valence electrons. The van der Waals surface area contributed by atoms with Crippen LogP contribution in [0.15, 0.2) is 48.6 Å². The number of ether oxygens (including phenoxy) is 3. The van der Waals surface area contributed by atoms with Crippen LogP contribution in [-0.2, 0) is 25.7 Å². The van der Waals surface area contributed by atoms with Crippen molar-refractivity contribution in [2.75, 3.05) is 12.1 Å². The zero-order valence-corrected chi connectivity index (χ0v) is 23.4. The summed E-state index contributed by atoms with van der Waals surface area (Å²) < 4.78 is 17.5. The quantitative estimate of drug-likeness (QED) is 0.524. The summed E-state index contributed by atoms with van der Waals surface area (Å²) in [5, 5.41) is 6.26. The molecule has 1 spiro atoms. The Labute approximate surface area is 239 Å². The van der Waals surface area contributed by atoms with E-state index in [9.17, 15) is 14.4 Å². The molecule has 0 aromatic heterocycles. The molecule has 2 aromatic carbocycles. The third-order valence-corrected chi connectivity index (χ3v) is 9.16. The number of nitrogens with zero attached hydrogens (tertiary/aromatic N) is 1. The fourth-order valence-corrected chi connectivity index (χ4v) is 7.47. The SMILES string of the molecule is Cc1cc(C)cc(NC(=O)[C@H]2[C@H]3C=C[C@@]4(O3)[C@H]2C(=O)N(Cc2ccc3c(c2)OCO3)[C@@H]4C(=O)NC2CCCCC2)c1. The van der Waals surface area contributed by atoms with Crippen LogP contribution in [0.5, 0.6) is 11.5 Å². The van der Waals surface area contributed by atoms with E-state index in [0.29, 0.717) is 17.2 Å². The number of carbonyl (C=O) groups is 3. The van der Waals surface area contributed by atoms with Gasteiger partial charge in [-0.05, 0) is 67.6 Å². The van der Waals surface area contributed by atoms with E-state index in [4.69, 9.17) is 14.2 Å². The third-order valence-electron chi connectivity index (χ3n) is 9.16. The van der Waals surface area contributed by atoms with E-state index in [1.165, 1.54) is 6.42 Å². The topological polar surface area (TPSA) is 106 Å². The van der Waals surface area contributed by atoms with Crippen LogP contribution in [0.25, 0.3) is 0 Å². The van der Waals surface area contributed by atoms with Gasteiger partial charge >= 0.3 is 0 Å². The van der Waals surface area contributed by atoms with E-state index >= 15 is 0 Å². The molecule has 1 saturated carbocycles. The average molecular weight is 558 g/mol. The summed E-state index contributed by atoms with van der Waals surface area (Å²) in [6.07, 6.45) is 8.28. The monoisotopic (exact) mass is 557 g/mol. The number of aryl methyl sites for hydroxylation is 2. The van der Waals surface area contributed by atoms with Gasteiger partial charge in [-0.25, -0.2) is 0 Å². The summed E-state index contributed by atoms with van der Waals surface area (Å²) in [5.41, 5.74) is 2.35. The Hall–Kier alpha value is -3.85. The summed E-state index contributed by atoms with van der Waals surface area (Å²) >= 11 is 0. The van der Waals surface area contributed by atoms with Crippen molar-refractivity contribution in [3.8, 4) is 11.5 Å². The van der Waals surface area contributed by atoms with E-state index in [1.807, 2.05) is 62.4 Å². The second-order valence-electron chi connectivity index (χ2n) is 12.1. The first-order chi connectivity index (χ1) is 19.8. The van der Waals surface area contributed by atoms with Gasteiger partial charge in [-0.1, -0.05) is 43.5 Å². The molecule has 2 saturated heterocycles. The van der Waals surface area contributed by atoms with Crippen LogP contribution in [0.2, 0.25) is 0 Å². The molecule has 3 fully saturated rings. The van der Waals surface area contributed by atoms with E-state index in [0.717, 1.165) is 42.4 Å². The zero-order valence-electron chi connectivity index (χ0n) is 23.4. The van der Waals surface area contributed by atoms with Crippen LogP contribution in [0.1, 0.15) is 48.8 Å². The number of fused-ring (bicyclic) bond motifs is 2. The summed E-state index contributed by atoms with van der Waals surface area (Å²) in [6, 6.07) is 10.6. The maximum atomic E-state index is 14.3. The van der Waals surface area contributed by atoms with Gasteiger partial charge in [0.05, 0.1) is 17.9 Å². The molecule has 7 rings (SSSR count). The first-order valence-corrected chi connectivity index (χ1v) is 14.6. The van der Waals surface area contributed by atoms with E-state index in [-0.39, 0.29) is 37.1 Å². The number of carbonyl (C=O) groups excluding carboxylic acids is 3. The first kappa shape index (κ1) is 26.1. The zero-order chi connectivity index (χ0) is 28.3. The van der Waals surface area contributed by atoms with Gasteiger partial charge in [0.1, 0.15) is 11.6 Å². The van der Waals surface area contributed by atoms with Crippen molar-refractivity contribution in [1.82, 2.24) is 10.2 Å². The van der Waals surface area contributed by atoms with E-state index < -0.39 is 29.6 Å². The number of anilines is 1. The molecule has 4 aliphatic heterocycles. The summed E-state index contributed by atoms with van der Waals surface area (Å²) in [4.78, 5) is 43.7. The minimum absolute atomic E-state index is 0.0698. The first-order valence-electron chi connectivity index (χ1n) is 14.6. The van der Waals surface area contributed by atoms with Crippen molar-refractivity contribution in [2.24, 2.45) is 11.8 Å². The van der Waals surface area contributed by atoms with E-state index in [2.05, 4.69) is 10.6 Å². The van der Waals surface area contributed by atoms with Gasteiger partial charge < -0.3 is 29.7 Å². The van der Waals surface area contributed by atoms with Crippen LogP contribution in [-0.4, -0.2) is 53.2 Å². The summed E-state index contributed by atoms with van der Waals surface area (Å²) in [7, 11) is 0. The number of nitrogens with one attached hydrogen (secondary N) is 2. The fourth-order valence-electron chi connectivity index (χ4n) is 7.47. The molecule has 0 radical (unpaired) electrons. The highest BCUT2D eigenvalue weighted by Gasteiger charge is 2.72. The minimum atomic E-state index is -1.21. The molecule has 0 unspecified atom stereocenters. The molecular weight excluding hydrogens is 522 g/mol. The van der Waals surface area contributed by atoms with Crippen LogP contribution < -0.4 is 20.1 Å². The van der Waals surface area contributed by atoms with Crippen molar-refractivity contribution >= 4 is 23.4 Å². The second kappa shape index (κ2) is 9.91. The minimum Gasteiger partial charge on any atom is -0.454 e. The molecule has 3 amide bonds. The largest absolute Gasteiger partial charge is 0.454 e. The Bertz CT molecular complexity index is 1430. The maximum Gasteiger partial charge on any atom is 0.246 e. The molecule has 1 aliphatic carbocycles. The summed E-state index contributed by atoms with van der Waals surface area (Å²) in [6.45, 7) is 4.29. The van der Waals surface area contributed by atoms with Gasteiger partial charge in [0, 0.05) is 18.3 Å². The smallest absolute Gasteiger partial charge is 0.246 e. The molecule has 2 aromatic rings. The molecule has 4 heterocycles. The van der Waals surface area contributed by atoms with Crippen molar-refractivity contribution in [1.29, 1.82) is 0 Å². The molecular formula is C32H35N3O6. The lowest BCUT2D eigenvalue weighted by Gasteiger charge is -2.34. The molecule has 2 N–H and O–H groups in total. The van der Waals surface area contributed by atoms with Crippen LogP contribution in [0, 0.1) is 25.7 Å².